The third kappa shape index (κ3) is 4.69. The van der Waals surface area contributed by atoms with Crippen LogP contribution in [0.2, 0.25) is 0 Å². The Morgan fingerprint density at radius 2 is 2.00 bits per heavy atom. The van der Waals surface area contributed by atoms with E-state index < -0.39 is 16.0 Å². The lowest BCUT2D eigenvalue weighted by atomic mass is 10.3. The van der Waals surface area contributed by atoms with Crippen molar-refractivity contribution >= 4 is 21.7 Å². The fraction of sp³-hybridized carbons (Fsp3) is 0.462. The van der Waals surface area contributed by atoms with Gasteiger partial charge >= 0.3 is 5.97 Å². The van der Waals surface area contributed by atoms with Crippen LogP contribution in [-0.4, -0.2) is 52.1 Å². The summed E-state index contributed by atoms with van der Waals surface area (Å²) in [5, 5.41) is 0. The van der Waals surface area contributed by atoms with E-state index in [1.165, 1.54) is 19.2 Å². The second-order valence-corrected chi connectivity index (χ2v) is 6.08. The van der Waals surface area contributed by atoms with Crippen molar-refractivity contribution in [1.82, 2.24) is 4.31 Å². The van der Waals surface area contributed by atoms with Gasteiger partial charge in [-0.1, -0.05) is 12.1 Å². The summed E-state index contributed by atoms with van der Waals surface area (Å²) in [7, 11) is -2.44. The van der Waals surface area contributed by atoms with Crippen molar-refractivity contribution in [2.75, 3.05) is 39.1 Å². The average Bonchev–Trinajstić information content (AvgIpc) is 2.43. The SMILES string of the molecule is CCOC(=O)CN(CCOC)S(=O)(=O)c1ccccc1N. The lowest BCUT2D eigenvalue weighted by Crippen LogP contribution is -2.38. The smallest absolute Gasteiger partial charge is 0.321 e. The molecule has 0 amide bonds. The van der Waals surface area contributed by atoms with E-state index in [4.69, 9.17) is 15.2 Å². The molecule has 0 spiro atoms. The molecule has 0 radical (unpaired) electrons. The number of para-hydroxylation sites is 1. The molecule has 0 saturated carbocycles. The number of rotatable bonds is 8. The fourth-order valence-electron chi connectivity index (χ4n) is 1.68. The number of benzene rings is 1. The van der Waals surface area contributed by atoms with Gasteiger partial charge in [-0.15, -0.1) is 0 Å². The molecule has 0 unspecified atom stereocenters. The minimum atomic E-state index is -3.89. The Hall–Kier alpha value is -1.64. The first-order chi connectivity index (χ1) is 9.93. The molecule has 0 aliphatic carbocycles. The monoisotopic (exact) mass is 316 g/mol. The van der Waals surface area contributed by atoms with Gasteiger partial charge in [-0.3, -0.25) is 4.79 Å². The largest absolute Gasteiger partial charge is 0.465 e. The van der Waals surface area contributed by atoms with Crippen LogP contribution in [0.25, 0.3) is 0 Å². The second-order valence-electron chi connectivity index (χ2n) is 4.17. The lowest BCUT2D eigenvalue weighted by molar-refractivity contribution is -0.143. The molecule has 0 fully saturated rings. The Bertz CT molecular complexity index is 574. The molecule has 0 atom stereocenters. The molecule has 7 nitrogen and oxygen atoms in total. The van der Waals surface area contributed by atoms with Crippen LogP contribution in [0.15, 0.2) is 29.2 Å². The molecular formula is C13H20N2O5S. The van der Waals surface area contributed by atoms with E-state index >= 15 is 0 Å². The number of nitrogen functional groups attached to an aromatic ring is 1. The summed E-state index contributed by atoms with van der Waals surface area (Å²) < 4.78 is 35.8. The number of esters is 1. The van der Waals surface area contributed by atoms with Crippen LogP contribution in [0.3, 0.4) is 0 Å². The Balaban J connectivity index is 3.06. The zero-order chi connectivity index (χ0) is 15.9. The molecule has 0 saturated heterocycles. The van der Waals surface area contributed by atoms with Gasteiger partial charge in [0.25, 0.3) is 0 Å². The van der Waals surface area contributed by atoms with Crippen LogP contribution in [0.1, 0.15) is 6.92 Å². The van der Waals surface area contributed by atoms with E-state index in [-0.39, 0.29) is 36.9 Å². The van der Waals surface area contributed by atoms with Crippen molar-refractivity contribution in [3.63, 3.8) is 0 Å². The predicted molar refractivity (Wildman–Crippen MR) is 78.1 cm³/mol. The highest BCUT2D eigenvalue weighted by atomic mass is 32.2. The molecule has 2 N–H and O–H groups in total. The molecular weight excluding hydrogens is 296 g/mol. The maximum Gasteiger partial charge on any atom is 0.321 e. The molecule has 1 aromatic carbocycles. The highest BCUT2D eigenvalue weighted by Gasteiger charge is 2.28. The number of ether oxygens (including phenoxy) is 2. The molecule has 0 aliphatic rings. The molecule has 0 aromatic heterocycles. The summed E-state index contributed by atoms with van der Waals surface area (Å²) >= 11 is 0. The number of anilines is 1. The molecule has 0 bridgehead atoms. The first-order valence-corrected chi connectivity index (χ1v) is 7.86. The number of hydrogen-bond donors (Lipinski definition) is 1. The van der Waals surface area contributed by atoms with Crippen LogP contribution < -0.4 is 5.73 Å². The summed E-state index contributed by atoms with van der Waals surface area (Å²) in [6.07, 6.45) is 0. The summed E-state index contributed by atoms with van der Waals surface area (Å²) in [5.74, 6) is -0.619. The molecule has 1 aromatic rings. The van der Waals surface area contributed by atoms with Crippen molar-refractivity contribution in [1.29, 1.82) is 0 Å². The normalized spacial score (nSPS) is 11.6. The van der Waals surface area contributed by atoms with Crippen LogP contribution in [0.5, 0.6) is 0 Å². The molecule has 8 heteroatoms. The van der Waals surface area contributed by atoms with Crippen LogP contribution in [0, 0.1) is 0 Å². The topological polar surface area (TPSA) is 98.9 Å². The van der Waals surface area contributed by atoms with Gasteiger partial charge in [-0.2, -0.15) is 4.31 Å². The van der Waals surface area contributed by atoms with Gasteiger partial charge in [-0.05, 0) is 19.1 Å². The fourth-order valence-corrected chi connectivity index (χ4v) is 3.17. The summed E-state index contributed by atoms with van der Waals surface area (Å²) in [6.45, 7) is 1.65. The first kappa shape index (κ1) is 17.4. The Labute approximate surface area is 124 Å². The Kier molecular flexibility index (Phi) is 6.60. The van der Waals surface area contributed by atoms with E-state index in [2.05, 4.69) is 0 Å². The number of sulfonamides is 1. The number of nitrogens with two attached hydrogens (primary N) is 1. The third-order valence-corrected chi connectivity index (χ3v) is 4.61. The minimum Gasteiger partial charge on any atom is -0.465 e. The predicted octanol–water partition coefficient (Wildman–Crippen LogP) is 0.469. The number of methoxy groups -OCH3 is 1. The maximum absolute atomic E-state index is 12.6. The molecule has 21 heavy (non-hydrogen) atoms. The van der Waals surface area contributed by atoms with E-state index in [1.54, 1.807) is 19.1 Å². The van der Waals surface area contributed by atoms with E-state index in [0.717, 1.165) is 4.31 Å². The lowest BCUT2D eigenvalue weighted by Gasteiger charge is -2.21. The number of carbonyl (C=O) groups excluding carboxylic acids is 1. The van der Waals surface area contributed by atoms with Gasteiger partial charge < -0.3 is 15.2 Å². The third-order valence-electron chi connectivity index (χ3n) is 2.69. The van der Waals surface area contributed by atoms with Gasteiger partial charge in [0.1, 0.15) is 11.4 Å². The van der Waals surface area contributed by atoms with Crippen LogP contribution in [0.4, 0.5) is 5.69 Å². The summed E-state index contributed by atoms with van der Waals surface area (Å²) in [5.41, 5.74) is 5.84. The van der Waals surface area contributed by atoms with Gasteiger partial charge in [0.2, 0.25) is 10.0 Å². The Morgan fingerprint density at radius 3 is 2.57 bits per heavy atom. The van der Waals surface area contributed by atoms with Gasteiger partial charge in [-0.25, -0.2) is 8.42 Å². The van der Waals surface area contributed by atoms with Crippen molar-refractivity contribution in [3.05, 3.63) is 24.3 Å². The van der Waals surface area contributed by atoms with E-state index in [9.17, 15) is 13.2 Å². The maximum atomic E-state index is 12.6. The molecule has 0 heterocycles. The zero-order valence-corrected chi connectivity index (χ0v) is 12.9. The highest BCUT2D eigenvalue weighted by Crippen LogP contribution is 2.21. The second kappa shape index (κ2) is 7.96. The van der Waals surface area contributed by atoms with E-state index in [0.29, 0.717) is 0 Å². The van der Waals surface area contributed by atoms with E-state index in [1.807, 2.05) is 0 Å². The van der Waals surface area contributed by atoms with Crippen molar-refractivity contribution in [2.45, 2.75) is 11.8 Å². The molecule has 0 aliphatic heterocycles. The van der Waals surface area contributed by atoms with Crippen molar-refractivity contribution < 1.29 is 22.7 Å². The Morgan fingerprint density at radius 1 is 1.33 bits per heavy atom. The number of nitrogens with zero attached hydrogens (tertiary/aromatic N) is 1. The summed E-state index contributed by atoms with van der Waals surface area (Å²) in [4.78, 5) is 11.5. The average molecular weight is 316 g/mol. The standard InChI is InChI=1S/C13H20N2O5S/c1-3-20-13(16)10-15(8-9-19-2)21(17,18)12-7-5-4-6-11(12)14/h4-7H,3,8-10,14H2,1-2H3. The molecule has 1 rings (SSSR count). The van der Waals surface area contributed by atoms with Crippen LogP contribution in [-0.2, 0) is 24.3 Å². The van der Waals surface area contributed by atoms with Crippen molar-refractivity contribution in [3.8, 4) is 0 Å². The van der Waals surface area contributed by atoms with Crippen molar-refractivity contribution in [2.24, 2.45) is 0 Å². The van der Waals surface area contributed by atoms with Crippen LogP contribution >= 0.6 is 0 Å². The number of hydrogen-bond acceptors (Lipinski definition) is 6. The first-order valence-electron chi connectivity index (χ1n) is 6.42. The molecule has 118 valence electrons. The number of carbonyl (C=O) groups is 1. The quantitative estimate of drug-likeness (QED) is 0.553. The zero-order valence-electron chi connectivity index (χ0n) is 12.1. The van der Waals surface area contributed by atoms with Gasteiger partial charge in [0, 0.05) is 13.7 Å². The van der Waals surface area contributed by atoms with Gasteiger partial charge in [0.15, 0.2) is 0 Å². The summed E-state index contributed by atoms with van der Waals surface area (Å²) in [6, 6.07) is 6.10. The minimum absolute atomic E-state index is 0.0337. The van der Waals surface area contributed by atoms with Gasteiger partial charge in [0.05, 0.1) is 18.9 Å². The highest BCUT2D eigenvalue weighted by molar-refractivity contribution is 7.89.